The summed E-state index contributed by atoms with van der Waals surface area (Å²) in [6.45, 7) is 9.00. The van der Waals surface area contributed by atoms with E-state index in [2.05, 4.69) is 24.1 Å². The minimum Gasteiger partial charge on any atom is -0.336 e. The highest BCUT2D eigenvalue weighted by Crippen LogP contribution is 2.14. The summed E-state index contributed by atoms with van der Waals surface area (Å²) in [6.07, 6.45) is 6.62. The van der Waals surface area contributed by atoms with Crippen LogP contribution in [0.3, 0.4) is 0 Å². The third-order valence-electron chi connectivity index (χ3n) is 4.81. The number of likely N-dealkylation sites (tertiary alicyclic amines) is 1. The lowest BCUT2D eigenvalue weighted by atomic mass is 10.2. The molecule has 1 unspecified atom stereocenters. The van der Waals surface area contributed by atoms with Gasteiger partial charge in [0.1, 0.15) is 0 Å². The summed E-state index contributed by atoms with van der Waals surface area (Å²) in [7, 11) is 0. The van der Waals surface area contributed by atoms with Gasteiger partial charge in [0.15, 0.2) is 0 Å². The van der Waals surface area contributed by atoms with Crippen LogP contribution in [0, 0.1) is 6.92 Å². The molecule has 1 fully saturated rings. The molecule has 2 heterocycles. The molecule has 2 rings (SSSR count). The van der Waals surface area contributed by atoms with Gasteiger partial charge in [0.05, 0.1) is 5.56 Å². The lowest BCUT2D eigenvalue weighted by Gasteiger charge is -2.25. The number of rotatable bonds is 8. The van der Waals surface area contributed by atoms with Gasteiger partial charge in [-0.2, -0.15) is 0 Å². The largest absolute Gasteiger partial charge is 0.336 e. The van der Waals surface area contributed by atoms with Crippen molar-refractivity contribution in [1.29, 1.82) is 0 Å². The molecule has 0 aliphatic carbocycles. The van der Waals surface area contributed by atoms with Crippen LogP contribution in [-0.4, -0.2) is 58.9 Å². The van der Waals surface area contributed by atoms with Gasteiger partial charge in [-0.3, -0.25) is 9.78 Å². The third kappa shape index (κ3) is 5.71. The van der Waals surface area contributed by atoms with E-state index in [0.717, 1.165) is 50.9 Å². The Balaban J connectivity index is 1.87. The SMILES string of the molecule is CCCCN(CCCC)C(=O)NC1CCN(C(=O)c2ccc(C)nc2)C1. The zero-order valence-electron chi connectivity index (χ0n) is 16.3. The Bertz CT molecular complexity index is 580. The smallest absolute Gasteiger partial charge is 0.317 e. The van der Waals surface area contributed by atoms with E-state index in [1.165, 1.54) is 0 Å². The fourth-order valence-corrected chi connectivity index (χ4v) is 3.12. The number of aryl methyl sites for hydroxylation is 1. The van der Waals surface area contributed by atoms with Crippen LogP contribution in [0.15, 0.2) is 18.3 Å². The molecule has 1 atom stereocenters. The predicted molar refractivity (Wildman–Crippen MR) is 103 cm³/mol. The molecule has 0 radical (unpaired) electrons. The number of urea groups is 1. The number of amides is 3. The molecule has 6 heteroatoms. The summed E-state index contributed by atoms with van der Waals surface area (Å²) in [6, 6.07) is 3.69. The van der Waals surface area contributed by atoms with Crippen molar-refractivity contribution in [1.82, 2.24) is 20.1 Å². The van der Waals surface area contributed by atoms with E-state index in [1.807, 2.05) is 24.0 Å². The highest BCUT2D eigenvalue weighted by molar-refractivity contribution is 5.94. The minimum atomic E-state index is -0.0110. The fraction of sp³-hybridized carbons (Fsp3) is 0.650. The first-order chi connectivity index (χ1) is 12.5. The molecule has 1 aliphatic heterocycles. The molecule has 1 aromatic rings. The first kappa shape index (κ1) is 20.2. The third-order valence-corrected chi connectivity index (χ3v) is 4.81. The zero-order valence-corrected chi connectivity index (χ0v) is 16.3. The summed E-state index contributed by atoms with van der Waals surface area (Å²) < 4.78 is 0. The van der Waals surface area contributed by atoms with Gasteiger partial charge in [-0.25, -0.2) is 4.79 Å². The van der Waals surface area contributed by atoms with Crippen LogP contribution >= 0.6 is 0 Å². The molecule has 1 aliphatic rings. The topological polar surface area (TPSA) is 65.5 Å². The van der Waals surface area contributed by atoms with E-state index in [4.69, 9.17) is 0 Å². The molecule has 6 nitrogen and oxygen atoms in total. The standard InChI is InChI=1S/C20H32N4O2/c1-4-6-11-23(12-7-5-2)20(26)22-18-10-13-24(15-18)19(25)17-9-8-16(3)21-14-17/h8-9,14,18H,4-7,10-13,15H2,1-3H3,(H,22,26). The lowest BCUT2D eigenvalue weighted by Crippen LogP contribution is -2.46. The molecule has 1 aromatic heterocycles. The maximum absolute atomic E-state index is 12.6. The predicted octanol–water partition coefficient (Wildman–Crippen LogP) is 3.22. The molecule has 0 bridgehead atoms. The van der Waals surface area contributed by atoms with Crippen LogP contribution < -0.4 is 5.32 Å². The molecule has 3 amide bonds. The number of unbranched alkanes of at least 4 members (excludes halogenated alkanes) is 2. The van der Waals surface area contributed by atoms with Gasteiger partial charge in [-0.15, -0.1) is 0 Å². The Morgan fingerprint density at radius 2 is 1.92 bits per heavy atom. The van der Waals surface area contributed by atoms with E-state index >= 15 is 0 Å². The van der Waals surface area contributed by atoms with Gasteiger partial charge in [-0.05, 0) is 38.3 Å². The number of carbonyl (C=O) groups is 2. The first-order valence-electron chi connectivity index (χ1n) is 9.82. The van der Waals surface area contributed by atoms with Gasteiger partial charge in [-0.1, -0.05) is 26.7 Å². The number of hydrogen-bond acceptors (Lipinski definition) is 3. The number of aromatic nitrogens is 1. The molecular weight excluding hydrogens is 328 g/mol. The highest BCUT2D eigenvalue weighted by Gasteiger charge is 2.29. The molecule has 1 N–H and O–H groups in total. The average Bonchev–Trinajstić information content (AvgIpc) is 3.10. The average molecular weight is 361 g/mol. The summed E-state index contributed by atoms with van der Waals surface area (Å²) in [4.78, 5) is 33.1. The van der Waals surface area contributed by atoms with Gasteiger partial charge in [0.2, 0.25) is 0 Å². The second-order valence-electron chi connectivity index (χ2n) is 7.07. The van der Waals surface area contributed by atoms with Crippen LogP contribution in [-0.2, 0) is 0 Å². The number of hydrogen-bond donors (Lipinski definition) is 1. The summed E-state index contributed by atoms with van der Waals surface area (Å²) in [5, 5.41) is 3.12. The van der Waals surface area contributed by atoms with E-state index in [0.29, 0.717) is 18.7 Å². The fourth-order valence-electron chi connectivity index (χ4n) is 3.12. The molecule has 0 saturated carbocycles. The first-order valence-corrected chi connectivity index (χ1v) is 9.82. The number of nitrogens with one attached hydrogen (secondary N) is 1. The zero-order chi connectivity index (χ0) is 18.9. The molecule has 144 valence electrons. The normalized spacial score (nSPS) is 16.6. The Hall–Kier alpha value is -2.11. The Kier molecular flexibility index (Phi) is 7.88. The van der Waals surface area contributed by atoms with Gasteiger partial charge >= 0.3 is 6.03 Å². The number of nitrogens with zero attached hydrogens (tertiary/aromatic N) is 3. The molecule has 0 spiro atoms. The van der Waals surface area contributed by atoms with Gasteiger partial charge < -0.3 is 15.1 Å². The van der Waals surface area contributed by atoms with Gasteiger partial charge in [0.25, 0.3) is 5.91 Å². The van der Waals surface area contributed by atoms with E-state index in [9.17, 15) is 9.59 Å². The molecule has 0 aromatic carbocycles. The van der Waals surface area contributed by atoms with E-state index in [-0.39, 0.29) is 18.0 Å². The van der Waals surface area contributed by atoms with Crippen LogP contribution in [0.5, 0.6) is 0 Å². The maximum Gasteiger partial charge on any atom is 0.317 e. The highest BCUT2D eigenvalue weighted by atomic mass is 16.2. The van der Waals surface area contributed by atoms with E-state index < -0.39 is 0 Å². The molecular formula is C20H32N4O2. The van der Waals surface area contributed by atoms with Crippen LogP contribution in [0.2, 0.25) is 0 Å². The van der Waals surface area contributed by atoms with Gasteiger partial charge in [0, 0.05) is 44.1 Å². The maximum atomic E-state index is 12.6. The Morgan fingerprint density at radius 1 is 1.23 bits per heavy atom. The van der Waals surface area contributed by atoms with Crippen molar-refractivity contribution in [3.05, 3.63) is 29.6 Å². The van der Waals surface area contributed by atoms with Crippen molar-refractivity contribution < 1.29 is 9.59 Å². The quantitative estimate of drug-likeness (QED) is 0.774. The second kappa shape index (κ2) is 10.1. The summed E-state index contributed by atoms with van der Waals surface area (Å²) in [5.41, 5.74) is 1.50. The lowest BCUT2D eigenvalue weighted by molar-refractivity contribution is 0.0788. The Morgan fingerprint density at radius 3 is 2.50 bits per heavy atom. The van der Waals surface area contributed by atoms with Crippen LogP contribution in [0.4, 0.5) is 4.79 Å². The summed E-state index contributed by atoms with van der Waals surface area (Å²) in [5.74, 6) is -0.0110. The van der Waals surface area contributed by atoms with Crippen molar-refractivity contribution in [3.63, 3.8) is 0 Å². The molecule has 26 heavy (non-hydrogen) atoms. The van der Waals surface area contributed by atoms with Crippen molar-refractivity contribution in [2.75, 3.05) is 26.2 Å². The minimum absolute atomic E-state index is 0.00296. The van der Waals surface area contributed by atoms with Crippen molar-refractivity contribution in [3.8, 4) is 0 Å². The monoisotopic (exact) mass is 360 g/mol. The van der Waals surface area contributed by atoms with Crippen LogP contribution in [0.25, 0.3) is 0 Å². The van der Waals surface area contributed by atoms with E-state index in [1.54, 1.807) is 11.1 Å². The van der Waals surface area contributed by atoms with Crippen molar-refractivity contribution in [2.45, 2.75) is 58.9 Å². The summed E-state index contributed by atoms with van der Waals surface area (Å²) >= 11 is 0. The van der Waals surface area contributed by atoms with Crippen molar-refractivity contribution in [2.24, 2.45) is 0 Å². The second-order valence-corrected chi connectivity index (χ2v) is 7.07. The number of carbonyl (C=O) groups excluding carboxylic acids is 2. The van der Waals surface area contributed by atoms with Crippen LogP contribution in [0.1, 0.15) is 62.0 Å². The van der Waals surface area contributed by atoms with Crippen molar-refractivity contribution >= 4 is 11.9 Å². The Labute approximate surface area is 157 Å². The number of pyridine rings is 1. The molecule has 1 saturated heterocycles.